The molecule has 6 nitrogen and oxygen atoms in total. The summed E-state index contributed by atoms with van der Waals surface area (Å²) in [6, 6.07) is 3.64. The highest BCUT2D eigenvalue weighted by Crippen LogP contribution is 2.31. The fourth-order valence-electron chi connectivity index (χ4n) is 3.06. The predicted molar refractivity (Wildman–Crippen MR) is 103 cm³/mol. The van der Waals surface area contributed by atoms with Crippen molar-refractivity contribution in [3.8, 4) is 0 Å². The zero-order valence-electron chi connectivity index (χ0n) is 15.7. The molecule has 1 aromatic rings. The smallest absolute Gasteiger partial charge is 0.323 e. The summed E-state index contributed by atoms with van der Waals surface area (Å²) in [6.07, 6.45) is -2.92. The number of allylic oxidation sites excluding steroid dienone is 1. The van der Waals surface area contributed by atoms with Gasteiger partial charge in [0.05, 0.1) is 12.1 Å². The number of carbonyl (C=O) groups excluding carboxylic acids is 3. The molecule has 0 spiro atoms. The van der Waals surface area contributed by atoms with Gasteiger partial charge >= 0.3 is 18.1 Å². The lowest BCUT2D eigenvalue weighted by atomic mass is 10.1. The Morgan fingerprint density at radius 3 is 2.69 bits per heavy atom. The van der Waals surface area contributed by atoms with Crippen molar-refractivity contribution in [1.82, 2.24) is 4.90 Å². The quantitative estimate of drug-likeness (QED) is 0.734. The third-order valence-corrected chi connectivity index (χ3v) is 5.32. The Balaban J connectivity index is 1.81. The molecule has 2 aliphatic heterocycles. The fourth-order valence-corrected chi connectivity index (χ4v) is 4.03. The number of fused-ring (bicyclic) bond motifs is 1. The molecule has 154 valence electrons. The van der Waals surface area contributed by atoms with E-state index in [1.165, 1.54) is 28.5 Å². The first-order chi connectivity index (χ1) is 13.6. The number of alkyl halides is 3. The maximum Gasteiger partial charge on any atom is 0.501 e. The number of nitrogens with zero attached hydrogens (tertiary/aromatic N) is 2. The molecular formula is C19H19F3N3O3S+. The number of anilines is 1. The summed E-state index contributed by atoms with van der Waals surface area (Å²) >= 11 is 1.25. The second-order valence-electron chi connectivity index (χ2n) is 7.08. The number of urea groups is 1. The average Bonchev–Trinajstić information content (AvgIpc) is 3.11. The number of thioether (sulfide) groups is 1. The van der Waals surface area contributed by atoms with E-state index in [0.29, 0.717) is 5.71 Å². The van der Waals surface area contributed by atoms with Gasteiger partial charge in [-0.15, -0.1) is 11.8 Å². The third kappa shape index (κ3) is 4.52. The first-order valence-electron chi connectivity index (χ1n) is 8.86. The van der Waals surface area contributed by atoms with Gasteiger partial charge in [-0.3, -0.25) is 4.79 Å². The van der Waals surface area contributed by atoms with Crippen molar-refractivity contribution in [3.05, 3.63) is 41.3 Å². The van der Waals surface area contributed by atoms with E-state index >= 15 is 0 Å². The minimum atomic E-state index is -4.53. The van der Waals surface area contributed by atoms with E-state index in [4.69, 9.17) is 0 Å². The molecule has 3 rings (SSSR count). The van der Waals surface area contributed by atoms with Crippen LogP contribution in [-0.2, 0) is 15.8 Å². The van der Waals surface area contributed by atoms with E-state index in [1.54, 1.807) is 11.5 Å². The number of amides is 4. The molecule has 0 saturated carbocycles. The van der Waals surface area contributed by atoms with E-state index in [1.807, 2.05) is 13.8 Å². The van der Waals surface area contributed by atoms with Crippen LogP contribution in [0.5, 0.6) is 0 Å². The molecule has 29 heavy (non-hydrogen) atoms. The summed E-state index contributed by atoms with van der Waals surface area (Å²) in [7, 11) is 0. The molecule has 0 aromatic heterocycles. The highest BCUT2D eigenvalue weighted by molar-refractivity contribution is 8.04. The second-order valence-corrected chi connectivity index (χ2v) is 8.10. The van der Waals surface area contributed by atoms with Crippen molar-refractivity contribution in [2.75, 3.05) is 18.4 Å². The van der Waals surface area contributed by atoms with Crippen LogP contribution in [0.25, 0.3) is 0 Å². The summed E-state index contributed by atoms with van der Waals surface area (Å²) in [5.74, 6) is -0.944. The monoisotopic (exact) mass is 426 g/mol. The Kier molecular flexibility index (Phi) is 5.83. The molecular weight excluding hydrogens is 407 g/mol. The van der Waals surface area contributed by atoms with Gasteiger partial charge in [-0.2, -0.15) is 27.4 Å². The molecule has 0 bridgehead atoms. The molecule has 1 N–H and O–H groups in total. The predicted octanol–water partition coefficient (Wildman–Crippen LogP) is 3.34. The Morgan fingerprint density at radius 2 is 2.03 bits per heavy atom. The Bertz CT molecular complexity index is 925. The van der Waals surface area contributed by atoms with Crippen molar-refractivity contribution in [1.29, 1.82) is 0 Å². The number of benzene rings is 1. The molecule has 1 unspecified atom stereocenters. The lowest BCUT2D eigenvalue weighted by Gasteiger charge is -2.25. The van der Waals surface area contributed by atoms with Crippen LogP contribution in [0.1, 0.15) is 19.4 Å². The second kappa shape index (κ2) is 8.02. The van der Waals surface area contributed by atoms with Crippen LogP contribution in [0, 0.1) is 5.92 Å². The van der Waals surface area contributed by atoms with Crippen LogP contribution >= 0.6 is 11.8 Å². The average molecular weight is 426 g/mol. The van der Waals surface area contributed by atoms with Crippen LogP contribution < -0.4 is 5.32 Å². The number of halogens is 3. The summed E-state index contributed by atoms with van der Waals surface area (Å²) < 4.78 is 39.7. The minimum Gasteiger partial charge on any atom is -0.323 e. The molecule has 0 saturated heterocycles. The van der Waals surface area contributed by atoms with Crippen LogP contribution in [0.3, 0.4) is 0 Å². The SMILES string of the molecule is CC(C)CN1C(=O)C2SC=CC2=[N+](CC(=O)Nc2cccc(C(F)(F)F)c2)C1=O. The molecule has 0 fully saturated rings. The highest BCUT2D eigenvalue weighted by Gasteiger charge is 2.49. The Hall–Kier alpha value is -2.62. The van der Waals surface area contributed by atoms with Gasteiger partial charge in [0.2, 0.25) is 0 Å². The number of hydrogen-bond donors (Lipinski definition) is 1. The Morgan fingerprint density at radius 1 is 1.31 bits per heavy atom. The first kappa shape index (κ1) is 21.1. The van der Waals surface area contributed by atoms with Crippen LogP contribution in [0.15, 0.2) is 35.7 Å². The molecule has 4 amide bonds. The standard InChI is InChI=1S/C19H18F3N3O3S/c1-11(2)9-25-17(27)16-14(6-7-29-16)24(18(25)28)10-15(26)23-13-5-3-4-12(8-13)19(20,21)22/h3-8,11,16H,9-10H2,1-2H3/p+1. The lowest BCUT2D eigenvalue weighted by Crippen LogP contribution is -2.57. The maximum absolute atomic E-state index is 12.8. The minimum absolute atomic E-state index is 0.0257. The maximum atomic E-state index is 12.8. The molecule has 2 aliphatic rings. The van der Waals surface area contributed by atoms with E-state index < -0.39 is 35.5 Å². The zero-order valence-corrected chi connectivity index (χ0v) is 16.5. The van der Waals surface area contributed by atoms with Crippen molar-refractivity contribution < 1.29 is 32.1 Å². The van der Waals surface area contributed by atoms with Gasteiger partial charge in [0.1, 0.15) is 5.71 Å². The first-order valence-corrected chi connectivity index (χ1v) is 9.81. The number of imide groups is 1. The third-order valence-electron chi connectivity index (χ3n) is 4.31. The number of hydrogen-bond acceptors (Lipinski definition) is 4. The van der Waals surface area contributed by atoms with Gasteiger partial charge in [-0.25, -0.2) is 4.79 Å². The summed E-state index contributed by atoms with van der Waals surface area (Å²) in [5, 5.41) is 3.47. The molecule has 10 heteroatoms. The summed E-state index contributed by atoms with van der Waals surface area (Å²) in [5.41, 5.74) is -0.505. The van der Waals surface area contributed by atoms with Gasteiger partial charge in [-0.05, 0) is 35.6 Å². The van der Waals surface area contributed by atoms with Crippen molar-refractivity contribution in [2.45, 2.75) is 25.3 Å². The van der Waals surface area contributed by atoms with Crippen molar-refractivity contribution in [3.63, 3.8) is 0 Å². The van der Waals surface area contributed by atoms with Gasteiger partial charge < -0.3 is 5.32 Å². The summed E-state index contributed by atoms with van der Waals surface area (Å²) in [6.45, 7) is 3.54. The van der Waals surface area contributed by atoms with Gasteiger partial charge in [0, 0.05) is 5.69 Å². The molecule has 1 aromatic carbocycles. The highest BCUT2D eigenvalue weighted by atomic mass is 32.2. The van der Waals surface area contributed by atoms with Crippen LogP contribution in [-0.4, -0.2) is 51.4 Å². The Labute approximate surface area is 169 Å². The lowest BCUT2D eigenvalue weighted by molar-refractivity contribution is -0.426. The van der Waals surface area contributed by atoms with Crippen LogP contribution in [0.2, 0.25) is 0 Å². The molecule has 2 heterocycles. The fraction of sp³-hybridized carbons (Fsp3) is 0.368. The van der Waals surface area contributed by atoms with Gasteiger partial charge in [-0.1, -0.05) is 19.9 Å². The largest absolute Gasteiger partial charge is 0.501 e. The van der Waals surface area contributed by atoms with Gasteiger partial charge in [0.25, 0.3) is 5.91 Å². The normalized spacial score (nSPS) is 19.2. The van der Waals surface area contributed by atoms with E-state index in [-0.39, 0.29) is 24.1 Å². The van der Waals surface area contributed by atoms with Gasteiger partial charge in [0.15, 0.2) is 11.8 Å². The number of nitrogens with one attached hydrogen (secondary N) is 1. The van der Waals surface area contributed by atoms with Crippen molar-refractivity contribution in [2.24, 2.45) is 5.92 Å². The van der Waals surface area contributed by atoms with E-state index in [0.717, 1.165) is 17.0 Å². The molecule has 0 aliphatic carbocycles. The zero-order chi connectivity index (χ0) is 21.3. The van der Waals surface area contributed by atoms with Crippen LogP contribution in [0.4, 0.5) is 23.7 Å². The topological polar surface area (TPSA) is 69.5 Å². The number of carbonyl (C=O) groups is 3. The van der Waals surface area contributed by atoms with E-state index in [9.17, 15) is 27.6 Å². The van der Waals surface area contributed by atoms with Crippen molar-refractivity contribution >= 4 is 41.0 Å². The van der Waals surface area contributed by atoms with E-state index in [2.05, 4.69) is 5.32 Å². The summed E-state index contributed by atoms with van der Waals surface area (Å²) in [4.78, 5) is 39.0. The molecule has 0 radical (unpaired) electrons. The number of rotatable bonds is 5. The molecule has 1 atom stereocenters.